The predicted octanol–water partition coefficient (Wildman–Crippen LogP) is 13.1. The molecular weight excluding hydrogens is 663 g/mol. The van der Waals surface area contributed by atoms with Crippen molar-refractivity contribution in [1.82, 2.24) is 0 Å². The SMILES string of the molecule is CCCC/C=C\C/C=C\CCCCCCCC(=O)OC(COC(=O)CCCCCCCCCCCCCCCCCCC)COP(=O)(O)OCC. The molecule has 300 valence electrons. The smallest absolute Gasteiger partial charge is 0.462 e. The molecule has 0 radical (unpaired) electrons. The zero-order valence-corrected chi connectivity index (χ0v) is 34.2. The quantitative estimate of drug-likeness (QED) is 0.0287. The van der Waals surface area contributed by atoms with Crippen LogP contribution in [0, 0.1) is 0 Å². The molecule has 2 atom stereocenters. The summed E-state index contributed by atoms with van der Waals surface area (Å²) in [6.45, 7) is 5.43. The number of carbonyl (C=O) groups is 2. The fourth-order valence-electron chi connectivity index (χ4n) is 5.88. The Morgan fingerprint density at radius 2 is 0.961 bits per heavy atom. The van der Waals surface area contributed by atoms with Gasteiger partial charge in [0.25, 0.3) is 0 Å². The predicted molar refractivity (Wildman–Crippen MR) is 212 cm³/mol. The molecule has 2 unspecified atom stereocenters. The number of ether oxygens (including phenoxy) is 2. The molecule has 9 heteroatoms. The van der Waals surface area contributed by atoms with Gasteiger partial charge in [0.2, 0.25) is 0 Å². The van der Waals surface area contributed by atoms with E-state index in [1.165, 1.54) is 103 Å². The van der Waals surface area contributed by atoms with Gasteiger partial charge in [-0.25, -0.2) is 4.57 Å². The molecule has 0 bridgehead atoms. The zero-order chi connectivity index (χ0) is 37.5. The third-order valence-electron chi connectivity index (χ3n) is 9.01. The van der Waals surface area contributed by atoms with Gasteiger partial charge >= 0.3 is 19.8 Å². The maximum atomic E-state index is 12.5. The third kappa shape index (κ3) is 38.1. The molecule has 8 nitrogen and oxygen atoms in total. The number of rotatable bonds is 39. The lowest BCUT2D eigenvalue weighted by molar-refractivity contribution is -0.161. The molecule has 0 saturated carbocycles. The van der Waals surface area contributed by atoms with Crippen LogP contribution in [0.3, 0.4) is 0 Å². The molecule has 0 fully saturated rings. The van der Waals surface area contributed by atoms with E-state index in [1.54, 1.807) is 6.92 Å². The van der Waals surface area contributed by atoms with E-state index in [0.717, 1.165) is 64.2 Å². The van der Waals surface area contributed by atoms with Gasteiger partial charge < -0.3 is 14.4 Å². The highest BCUT2D eigenvalue weighted by molar-refractivity contribution is 7.47. The number of phosphoric acid groups is 1. The topological polar surface area (TPSA) is 108 Å². The van der Waals surface area contributed by atoms with E-state index in [0.29, 0.717) is 12.8 Å². The van der Waals surface area contributed by atoms with Gasteiger partial charge in [0.1, 0.15) is 6.61 Å². The molecule has 0 aromatic rings. The Balaban J connectivity index is 4.08. The highest BCUT2D eigenvalue weighted by Crippen LogP contribution is 2.43. The van der Waals surface area contributed by atoms with Crippen LogP contribution in [0.5, 0.6) is 0 Å². The Morgan fingerprint density at radius 3 is 1.45 bits per heavy atom. The summed E-state index contributed by atoms with van der Waals surface area (Å²) in [7, 11) is -4.28. The van der Waals surface area contributed by atoms with Crippen molar-refractivity contribution in [3.8, 4) is 0 Å². The van der Waals surface area contributed by atoms with Crippen molar-refractivity contribution in [3.05, 3.63) is 24.3 Å². The highest BCUT2D eigenvalue weighted by Gasteiger charge is 2.25. The number of allylic oxidation sites excluding steroid dienone is 4. The number of hydrogen-bond donors (Lipinski definition) is 1. The first-order chi connectivity index (χ1) is 24.8. The number of esters is 2. The molecule has 51 heavy (non-hydrogen) atoms. The van der Waals surface area contributed by atoms with Crippen molar-refractivity contribution < 1.29 is 37.6 Å². The molecule has 0 aromatic carbocycles. The molecule has 0 aliphatic heterocycles. The molecule has 0 aliphatic carbocycles. The van der Waals surface area contributed by atoms with Crippen LogP contribution in [0.4, 0.5) is 0 Å². The second-order valence-corrected chi connectivity index (χ2v) is 15.5. The van der Waals surface area contributed by atoms with Crippen molar-refractivity contribution in [2.45, 2.75) is 213 Å². The maximum Gasteiger partial charge on any atom is 0.472 e. The Kier molecular flexibility index (Phi) is 37.2. The largest absolute Gasteiger partial charge is 0.472 e. The molecule has 0 spiro atoms. The standard InChI is InChI=1S/C42H79O8P/c1-4-7-9-11-13-15-17-19-21-22-23-25-26-28-30-32-34-36-41(43)47-38-40(39-49-51(45,46)48-6-3)50-42(44)37-35-33-31-29-27-24-20-18-16-14-12-10-8-5-2/h12,14,18,20,40H,4-11,13,15-17,19,21-39H2,1-3H3,(H,45,46)/b14-12-,20-18-. The number of carbonyl (C=O) groups excluding carboxylic acids is 2. The normalized spacial score (nSPS) is 13.6. The Labute approximate surface area is 313 Å². The van der Waals surface area contributed by atoms with E-state index in [2.05, 4.69) is 38.2 Å². The van der Waals surface area contributed by atoms with Gasteiger partial charge in [-0.3, -0.25) is 18.6 Å². The van der Waals surface area contributed by atoms with Crippen LogP contribution in [0.25, 0.3) is 0 Å². The summed E-state index contributed by atoms with van der Waals surface area (Å²) in [5, 5.41) is 0. The minimum absolute atomic E-state index is 0.000663. The Bertz CT molecular complexity index is 890. The lowest BCUT2D eigenvalue weighted by atomic mass is 10.0. The second kappa shape index (κ2) is 38.3. The Morgan fingerprint density at radius 1 is 0.529 bits per heavy atom. The first-order valence-corrected chi connectivity index (χ1v) is 22.6. The van der Waals surface area contributed by atoms with Crippen LogP contribution in [-0.2, 0) is 32.7 Å². The first-order valence-electron chi connectivity index (χ1n) is 21.1. The van der Waals surface area contributed by atoms with Gasteiger partial charge in [0.05, 0.1) is 13.2 Å². The van der Waals surface area contributed by atoms with Gasteiger partial charge in [-0.2, -0.15) is 0 Å². The van der Waals surface area contributed by atoms with Crippen LogP contribution < -0.4 is 0 Å². The average Bonchev–Trinajstić information content (AvgIpc) is 3.10. The van der Waals surface area contributed by atoms with E-state index in [4.69, 9.17) is 18.5 Å². The molecule has 0 aliphatic rings. The van der Waals surface area contributed by atoms with Crippen LogP contribution in [0.2, 0.25) is 0 Å². The van der Waals surface area contributed by atoms with Gasteiger partial charge in [0, 0.05) is 12.8 Å². The molecular formula is C42H79O8P. The van der Waals surface area contributed by atoms with E-state index in [-0.39, 0.29) is 25.6 Å². The van der Waals surface area contributed by atoms with Gasteiger partial charge in [0.15, 0.2) is 6.10 Å². The first kappa shape index (κ1) is 49.5. The molecule has 0 rings (SSSR count). The fraction of sp³-hybridized carbons (Fsp3) is 0.857. The summed E-state index contributed by atoms with van der Waals surface area (Å²) in [5.41, 5.74) is 0. The van der Waals surface area contributed by atoms with Crippen molar-refractivity contribution in [3.63, 3.8) is 0 Å². The lowest BCUT2D eigenvalue weighted by Crippen LogP contribution is -2.29. The second-order valence-electron chi connectivity index (χ2n) is 14.0. The average molecular weight is 743 g/mol. The minimum atomic E-state index is -4.28. The molecule has 0 heterocycles. The summed E-state index contributed by atoms with van der Waals surface area (Å²) < 4.78 is 32.6. The molecule has 0 amide bonds. The summed E-state index contributed by atoms with van der Waals surface area (Å²) in [6.07, 6.45) is 40.8. The zero-order valence-electron chi connectivity index (χ0n) is 33.3. The van der Waals surface area contributed by atoms with Crippen LogP contribution >= 0.6 is 7.82 Å². The van der Waals surface area contributed by atoms with Crippen molar-refractivity contribution in [1.29, 1.82) is 0 Å². The summed E-state index contributed by atoms with van der Waals surface area (Å²) in [6, 6.07) is 0. The van der Waals surface area contributed by atoms with Crippen molar-refractivity contribution >= 4 is 19.8 Å². The van der Waals surface area contributed by atoms with Gasteiger partial charge in [-0.1, -0.05) is 173 Å². The number of phosphoric ester groups is 1. The van der Waals surface area contributed by atoms with E-state index in [1.807, 2.05) is 0 Å². The van der Waals surface area contributed by atoms with Crippen LogP contribution in [-0.4, -0.2) is 42.8 Å². The molecule has 1 N–H and O–H groups in total. The van der Waals surface area contributed by atoms with E-state index < -0.39 is 26.5 Å². The number of hydrogen-bond acceptors (Lipinski definition) is 7. The Hall–Kier alpha value is -1.47. The molecule has 0 saturated heterocycles. The molecule has 0 aromatic heterocycles. The van der Waals surface area contributed by atoms with Crippen molar-refractivity contribution in [2.75, 3.05) is 19.8 Å². The minimum Gasteiger partial charge on any atom is -0.462 e. The van der Waals surface area contributed by atoms with Crippen LogP contribution in [0.15, 0.2) is 24.3 Å². The highest BCUT2D eigenvalue weighted by atomic mass is 31.2. The third-order valence-corrected chi connectivity index (χ3v) is 10.1. The van der Waals surface area contributed by atoms with Gasteiger partial charge in [-0.15, -0.1) is 0 Å². The number of unbranched alkanes of at least 4 members (excludes halogenated alkanes) is 23. The summed E-state index contributed by atoms with van der Waals surface area (Å²) >= 11 is 0. The van der Waals surface area contributed by atoms with Gasteiger partial charge in [-0.05, 0) is 45.4 Å². The monoisotopic (exact) mass is 743 g/mol. The van der Waals surface area contributed by atoms with E-state index in [9.17, 15) is 19.0 Å². The summed E-state index contributed by atoms with van der Waals surface area (Å²) in [5.74, 6) is -0.806. The maximum absolute atomic E-state index is 12.5. The van der Waals surface area contributed by atoms with E-state index >= 15 is 0 Å². The summed E-state index contributed by atoms with van der Waals surface area (Å²) in [4.78, 5) is 34.7. The van der Waals surface area contributed by atoms with Crippen molar-refractivity contribution in [2.24, 2.45) is 0 Å². The lowest BCUT2D eigenvalue weighted by Gasteiger charge is -2.19. The van der Waals surface area contributed by atoms with Crippen LogP contribution in [0.1, 0.15) is 207 Å². The fourth-order valence-corrected chi connectivity index (χ4v) is 6.64.